The first-order valence-corrected chi connectivity index (χ1v) is 9.36. The zero-order chi connectivity index (χ0) is 18.4. The number of aryl methyl sites for hydroxylation is 1. The molecule has 0 aliphatic heterocycles. The minimum Gasteiger partial charge on any atom is -0.368 e. The van der Waals surface area contributed by atoms with Crippen molar-refractivity contribution in [1.29, 1.82) is 0 Å². The molecule has 1 N–H and O–H groups in total. The number of fused-ring (bicyclic) bond motifs is 1. The Morgan fingerprint density at radius 2 is 1.73 bits per heavy atom. The van der Waals surface area contributed by atoms with Gasteiger partial charge in [-0.1, -0.05) is 48.8 Å². The van der Waals surface area contributed by atoms with E-state index in [0.29, 0.717) is 5.71 Å². The highest BCUT2D eigenvalue weighted by Crippen LogP contribution is 2.31. The van der Waals surface area contributed by atoms with Gasteiger partial charge in [-0.25, -0.2) is 4.98 Å². The predicted molar refractivity (Wildman–Crippen MR) is 105 cm³/mol. The molecule has 0 saturated carbocycles. The number of hydrogen-bond donors (Lipinski definition) is 1. The number of rotatable bonds is 9. The number of hydrogen-bond acceptors (Lipinski definition) is 6. The number of nitrogens with one attached hydrogen (secondary N) is 1. The van der Waals surface area contributed by atoms with Crippen LogP contribution in [0.1, 0.15) is 32.3 Å². The first-order valence-electron chi connectivity index (χ1n) is 9.36. The van der Waals surface area contributed by atoms with Crippen LogP contribution in [0.2, 0.25) is 0 Å². The molecule has 2 aromatic heterocycles. The maximum Gasteiger partial charge on any atom is 0.263 e. The molecule has 0 fully saturated rings. The molecule has 138 valence electrons. The molecular formula is C20H27N5O. The first-order chi connectivity index (χ1) is 12.7. The Morgan fingerprint density at radius 3 is 2.42 bits per heavy atom. The molecule has 3 rings (SSSR count). The second-order valence-electron chi connectivity index (χ2n) is 6.57. The number of aromatic nitrogens is 3. The van der Waals surface area contributed by atoms with Crippen molar-refractivity contribution in [3.05, 3.63) is 36.2 Å². The van der Waals surface area contributed by atoms with Crippen molar-refractivity contribution < 1.29 is 4.52 Å². The molecule has 1 aromatic carbocycles. The fourth-order valence-electron chi connectivity index (χ4n) is 3.13. The van der Waals surface area contributed by atoms with Crippen LogP contribution in [0.25, 0.3) is 22.4 Å². The topological polar surface area (TPSA) is 67.1 Å². The molecule has 0 saturated heterocycles. The first kappa shape index (κ1) is 18.3. The molecule has 0 radical (unpaired) electrons. The third-order valence-corrected chi connectivity index (χ3v) is 4.40. The van der Waals surface area contributed by atoms with Crippen LogP contribution in [0.4, 0.5) is 5.82 Å². The molecule has 0 spiro atoms. The summed E-state index contributed by atoms with van der Waals surface area (Å²) in [5.74, 6) is 0.778. The summed E-state index contributed by atoms with van der Waals surface area (Å²) in [6.45, 7) is 10.6. The maximum absolute atomic E-state index is 5.43. The van der Waals surface area contributed by atoms with E-state index in [2.05, 4.69) is 58.2 Å². The van der Waals surface area contributed by atoms with Crippen molar-refractivity contribution >= 4 is 16.9 Å². The summed E-state index contributed by atoms with van der Waals surface area (Å²) < 4.78 is 5.43. The van der Waals surface area contributed by atoms with Crippen LogP contribution < -0.4 is 5.32 Å². The van der Waals surface area contributed by atoms with Gasteiger partial charge in [0.1, 0.15) is 23.2 Å². The van der Waals surface area contributed by atoms with Gasteiger partial charge in [-0.05, 0) is 32.9 Å². The van der Waals surface area contributed by atoms with E-state index in [4.69, 9.17) is 4.52 Å². The van der Waals surface area contributed by atoms with Crippen LogP contribution in [0.5, 0.6) is 0 Å². The predicted octanol–water partition coefficient (Wildman–Crippen LogP) is 4.13. The van der Waals surface area contributed by atoms with E-state index in [-0.39, 0.29) is 0 Å². The molecular weight excluding hydrogens is 326 g/mol. The summed E-state index contributed by atoms with van der Waals surface area (Å²) in [7, 11) is 0. The van der Waals surface area contributed by atoms with Gasteiger partial charge in [0, 0.05) is 18.7 Å². The van der Waals surface area contributed by atoms with Crippen LogP contribution in [-0.4, -0.2) is 46.2 Å². The molecule has 2 heterocycles. The SMILES string of the molecule is CCCN(CCC)CCNc1ncnc2onc(-c3ccc(C)cc3)c12. The highest BCUT2D eigenvalue weighted by atomic mass is 16.5. The van der Waals surface area contributed by atoms with Crippen molar-refractivity contribution in [3.63, 3.8) is 0 Å². The number of benzene rings is 1. The van der Waals surface area contributed by atoms with Crippen LogP contribution in [-0.2, 0) is 0 Å². The van der Waals surface area contributed by atoms with E-state index >= 15 is 0 Å². The second-order valence-corrected chi connectivity index (χ2v) is 6.57. The molecule has 3 aromatic rings. The Balaban J connectivity index is 1.80. The summed E-state index contributed by atoms with van der Waals surface area (Å²) in [4.78, 5) is 11.1. The molecule has 0 amide bonds. The lowest BCUT2D eigenvalue weighted by Gasteiger charge is -2.21. The van der Waals surface area contributed by atoms with E-state index in [0.717, 1.165) is 48.6 Å². The van der Waals surface area contributed by atoms with Crippen LogP contribution in [0, 0.1) is 6.92 Å². The van der Waals surface area contributed by atoms with Crippen molar-refractivity contribution in [2.24, 2.45) is 0 Å². The van der Waals surface area contributed by atoms with Gasteiger partial charge in [-0.15, -0.1) is 0 Å². The number of nitrogens with zero attached hydrogens (tertiary/aromatic N) is 4. The van der Waals surface area contributed by atoms with E-state index in [1.807, 2.05) is 12.1 Å². The van der Waals surface area contributed by atoms with E-state index < -0.39 is 0 Å². The molecule has 0 atom stereocenters. The molecule has 6 nitrogen and oxygen atoms in total. The van der Waals surface area contributed by atoms with Crippen molar-refractivity contribution in [3.8, 4) is 11.3 Å². The normalized spacial score (nSPS) is 11.4. The maximum atomic E-state index is 5.43. The van der Waals surface area contributed by atoms with Crippen molar-refractivity contribution in [2.45, 2.75) is 33.6 Å². The quantitative estimate of drug-likeness (QED) is 0.624. The fourth-order valence-corrected chi connectivity index (χ4v) is 3.13. The fraction of sp³-hybridized carbons (Fsp3) is 0.450. The zero-order valence-electron chi connectivity index (χ0n) is 15.8. The van der Waals surface area contributed by atoms with Crippen LogP contribution in [0.3, 0.4) is 0 Å². The van der Waals surface area contributed by atoms with E-state index in [1.54, 1.807) is 0 Å². The molecule has 26 heavy (non-hydrogen) atoms. The lowest BCUT2D eigenvalue weighted by molar-refractivity contribution is 0.285. The highest BCUT2D eigenvalue weighted by Gasteiger charge is 2.16. The summed E-state index contributed by atoms with van der Waals surface area (Å²) in [6.07, 6.45) is 3.85. The number of anilines is 1. The summed E-state index contributed by atoms with van der Waals surface area (Å²) in [5, 5.41) is 8.52. The van der Waals surface area contributed by atoms with Crippen LogP contribution in [0.15, 0.2) is 35.1 Å². The van der Waals surface area contributed by atoms with Crippen molar-refractivity contribution in [2.75, 3.05) is 31.5 Å². The van der Waals surface area contributed by atoms with Gasteiger partial charge >= 0.3 is 0 Å². The van der Waals surface area contributed by atoms with Gasteiger partial charge < -0.3 is 14.7 Å². The minimum absolute atomic E-state index is 0.511. The third-order valence-electron chi connectivity index (χ3n) is 4.40. The summed E-state index contributed by atoms with van der Waals surface area (Å²) >= 11 is 0. The van der Waals surface area contributed by atoms with Gasteiger partial charge in [0.15, 0.2) is 0 Å². The lowest BCUT2D eigenvalue weighted by atomic mass is 10.1. The molecule has 0 aliphatic carbocycles. The summed E-state index contributed by atoms with van der Waals surface area (Å²) in [6, 6.07) is 8.24. The summed E-state index contributed by atoms with van der Waals surface area (Å²) in [5.41, 5.74) is 3.51. The Labute approximate surface area is 154 Å². The monoisotopic (exact) mass is 353 g/mol. The third kappa shape index (κ3) is 4.19. The van der Waals surface area contributed by atoms with Gasteiger partial charge in [0.2, 0.25) is 0 Å². The van der Waals surface area contributed by atoms with Gasteiger partial charge in [0.25, 0.3) is 5.71 Å². The second kappa shape index (κ2) is 8.76. The highest BCUT2D eigenvalue weighted by molar-refractivity contribution is 5.97. The average molecular weight is 353 g/mol. The van der Waals surface area contributed by atoms with Crippen LogP contribution >= 0.6 is 0 Å². The largest absolute Gasteiger partial charge is 0.368 e. The Bertz CT molecular complexity index is 822. The smallest absolute Gasteiger partial charge is 0.263 e. The Morgan fingerprint density at radius 1 is 1.00 bits per heavy atom. The van der Waals surface area contributed by atoms with E-state index in [9.17, 15) is 0 Å². The van der Waals surface area contributed by atoms with Gasteiger partial charge in [0.05, 0.1) is 0 Å². The Kier molecular flexibility index (Phi) is 6.17. The lowest BCUT2D eigenvalue weighted by Crippen LogP contribution is -2.30. The van der Waals surface area contributed by atoms with E-state index in [1.165, 1.54) is 24.7 Å². The molecule has 0 unspecified atom stereocenters. The standard InChI is InChI=1S/C20H27N5O/c1-4-11-25(12-5-2)13-10-21-19-17-18(16-8-6-15(3)7-9-16)24-26-20(17)23-14-22-19/h6-9,14H,4-5,10-13H2,1-3H3,(H,21,22,23). The van der Waals surface area contributed by atoms with Gasteiger partial charge in [-0.3, -0.25) is 0 Å². The molecule has 0 aliphatic rings. The molecule has 0 bridgehead atoms. The minimum atomic E-state index is 0.511. The average Bonchev–Trinajstić information content (AvgIpc) is 3.08. The Hall–Kier alpha value is -2.47. The van der Waals surface area contributed by atoms with Crippen molar-refractivity contribution in [1.82, 2.24) is 20.0 Å². The molecule has 6 heteroatoms. The zero-order valence-corrected chi connectivity index (χ0v) is 15.8. The van der Waals surface area contributed by atoms with Gasteiger partial charge in [-0.2, -0.15) is 4.98 Å².